The highest BCUT2D eigenvalue weighted by atomic mass is 35.5. The number of phenolic OH excluding ortho intramolecular Hbond substituents is 1. The molecule has 0 saturated heterocycles. The van der Waals surface area contributed by atoms with Gasteiger partial charge in [-0.15, -0.1) is 0 Å². The molecular formula is C13H9ClN4O2. The smallest absolute Gasteiger partial charge is 0.258 e. The quantitative estimate of drug-likeness (QED) is 0.780. The molecule has 0 amide bonds. The standard InChI is InChI=1S/C13H9ClN4O2/c1-7-5-15-11(16-6-7)12-17-13(20-18-12)8-2-3-10(19)9(14)4-8/h2-6,19H,1H3. The Morgan fingerprint density at radius 2 is 1.90 bits per heavy atom. The molecule has 3 rings (SSSR count). The molecule has 7 heteroatoms. The van der Waals surface area contributed by atoms with E-state index < -0.39 is 0 Å². The summed E-state index contributed by atoms with van der Waals surface area (Å²) in [5.41, 5.74) is 1.56. The number of aromatic hydroxyl groups is 1. The van der Waals surface area contributed by atoms with Crippen molar-refractivity contribution in [2.24, 2.45) is 0 Å². The minimum atomic E-state index is -0.00276. The van der Waals surface area contributed by atoms with E-state index in [-0.39, 0.29) is 16.7 Å². The summed E-state index contributed by atoms with van der Waals surface area (Å²) in [6, 6.07) is 4.64. The van der Waals surface area contributed by atoms with Crippen LogP contribution in [0.1, 0.15) is 5.56 Å². The van der Waals surface area contributed by atoms with Gasteiger partial charge in [-0.25, -0.2) is 9.97 Å². The number of benzene rings is 1. The Balaban J connectivity index is 1.97. The third-order valence-electron chi connectivity index (χ3n) is 2.60. The summed E-state index contributed by atoms with van der Waals surface area (Å²) in [6.45, 7) is 1.89. The number of phenols is 1. The summed E-state index contributed by atoms with van der Waals surface area (Å²) < 4.78 is 5.15. The van der Waals surface area contributed by atoms with Crippen LogP contribution in [0.3, 0.4) is 0 Å². The van der Waals surface area contributed by atoms with Crippen LogP contribution in [-0.2, 0) is 0 Å². The molecule has 0 bridgehead atoms. The second-order valence-electron chi connectivity index (χ2n) is 4.17. The zero-order valence-electron chi connectivity index (χ0n) is 10.4. The van der Waals surface area contributed by atoms with Gasteiger partial charge in [-0.05, 0) is 30.7 Å². The highest BCUT2D eigenvalue weighted by Gasteiger charge is 2.13. The van der Waals surface area contributed by atoms with Gasteiger partial charge in [0, 0.05) is 18.0 Å². The average molecular weight is 289 g/mol. The van der Waals surface area contributed by atoms with E-state index in [0.717, 1.165) is 5.56 Å². The van der Waals surface area contributed by atoms with Crippen LogP contribution < -0.4 is 0 Å². The maximum absolute atomic E-state index is 9.38. The van der Waals surface area contributed by atoms with Crippen molar-refractivity contribution in [3.05, 3.63) is 41.2 Å². The fraction of sp³-hybridized carbons (Fsp3) is 0.0769. The van der Waals surface area contributed by atoms with Crippen molar-refractivity contribution in [2.45, 2.75) is 6.92 Å². The molecule has 3 aromatic rings. The minimum Gasteiger partial charge on any atom is -0.506 e. The first-order valence-electron chi connectivity index (χ1n) is 5.75. The zero-order chi connectivity index (χ0) is 14.1. The van der Waals surface area contributed by atoms with Gasteiger partial charge in [-0.2, -0.15) is 4.98 Å². The van der Waals surface area contributed by atoms with Crippen LogP contribution in [0, 0.1) is 6.92 Å². The maximum atomic E-state index is 9.38. The molecule has 0 aliphatic heterocycles. The first-order chi connectivity index (χ1) is 9.63. The second-order valence-corrected chi connectivity index (χ2v) is 4.58. The fourth-order valence-corrected chi connectivity index (χ4v) is 1.76. The van der Waals surface area contributed by atoms with E-state index in [1.54, 1.807) is 24.5 Å². The SMILES string of the molecule is Cc1cnc(-c2noc(-c3ccc(O)c(Cl)c3)n2)nc1. The monoisotopic (exact) mass is 288 g/mol. The Hall–Kier alpha value is -2.47. The van der Waals surface area contributed by atoms with Gasteiger partial charge in [0.15, 0.2) is 0 Å². The molecule has 0 saturated carbocycles. The van der Waals surface area contributed by atoms with Crippen LogP contribution in [0.4, 0.5) is 0 Å². The Morgan fingerprint density at radius 3 is 2.60 bits per heavy atom. The van der Waals surface area contributed by atoms with E-state index in [1.807, 2.05) is 6.92 Å². The summed E-state index contributed by atoms with van der Waals surface area (Å²) in [5.74, 6) is 0.961. The number of nitrogens with zero attached hydrogens (tertiary/aromatic N) is 4. The molecule has 2 aromatic heterocycles. The van der Waals surface area contributed by atoms with Crippen LogP contribution >= 0.6 is 11.6 Å². The van der Waals surface area contributed by atoms with E-state index in [9.17, 15) is 5.11 Å². The largest absolute Gasteiger partial charge is 0.506 e. The minimum absolute atomic E-state index is 0.00276. The Labute approximate surface area is 119 Å². The van der Waals surface area contributed by atoms with Crippen molar-refractivity contribution in [3.63, 3.8) is 0 Å². The summed E-state index contributed by atoms with van der Waals surface area (Å²) in [5, 5.41) is 13.4. The molecule has 100 valence electrons. The van der Waals surface area contributed by atoms with E-state index in [1.165, 1.54) is 6.07 Å². The predicted octanol–water partition coefficient (Wildman–Crippen LogP) is 2.86. The van der Waals surface area contributed by atoms with E-state index in [0.29, 0.717) is 17.2 Å². The lowest BCUT2D eigenvalue weighted by Crippen LogP contribution is -1.90. The highest BCUT2D eigenvalue weighted by Crippen LogP contribution is 2.29. The third-order valence-corrected chi connectivity index (χ3v) is 2.90. The molecule has 0 aliphatic rings. The van der Waals surface area contributed by atoms with Crippen molar-refractivity contribution in [2.75, 3.05) is 0 Å². The van der Waals surface area contributed by atoms with Crippen LogP contribution in [0.15, 0.2) is 35.1 Å². The van der Waals surface area contributed by atoms with Crippen LogP contribution in [-0.4, -0.2) is 25.2 Å². The Kier molecular flexibility index (Phi) is 3.08. The second kappa shape index (κ2) is 4.90. The van der Waals surface area contributed by atoms with Gasteiger partial charge >= 0.3 is 0 Å². The normalized spacial score (nSPS) is 10.7. The maximum Gasteiger partial charge on any atom is 0.258 e. The van der Waals surface area contributed by atoms with Gasteiger partial charge in [0.1, 0.15) is 5.75 Å². The van der Waals surface area contributed by atoms with E-state index in [2.05, 4.69) is 20.1 Å². The molecule has 1 N–H and O–H groups in total. The van der Waals surface area contributed by atoms with Gasteiger partial charge in [0.2, 0.25) is 11.6 Å². The first-order valence-corrected chi connectivity index (χ1v) is 6.13. The van der Waals surface area contributed by atoms with Crippen LogP contribution in [0.2, 0.25) is 5.02 Å². The molecule has 0 spiro atoms. The summed E-state index contributed by atoms with van der Waals surface area (Å²) in [4.78, 5) is 12.5. The lowest BCUT2D eigenvalue weighted by molar-refractivity contribution is 0.431. The van der Waals surface area contributed by atoms with Gasteiger partial charge in [0.05, 0.1) is 5.02 Å². The lowest BCUT2D eigenvalue weighted by atomic mass is 10.2. The van der Waals surface area contributed by atoms with Crippen molar-refractivity contribution >= 4 is 11.6 Å². The highest BCUT2D eigenvalue weighted by molar-refractivity contribution is 6.32. The molecule has 0 fully saturated rings. The molecule has 1 aromatic carbocycles. The van der Waals surface area contributed by atoms with Crippen molar-refractivity contribution in [3.8, 4) is 28.9 Å². The van der Waals surface area contributed by atoms with Crippen LogP contribution in [0.5, 0.6) is 5.75 Å². The van der Waals surface area contributed by atoms with Crippen molar-refractivity contribution < 1.29 is 9.63 Å². The molecular weight excluding hydrogens is 280 g/mol. The molecule has 2 heterocycles. The lowest BCUT2D eigenvalue weighted by Gasteiger charge is -1.97. The van der Waals surface area contributed by atoms with Gasteiger partial charge in [-0.3, -0.25) is 0 Å². The van der Waals surface area contributed by atoms with Crippen LogP contribution in [0.25, 0.3) is 23.1 Å². The number of hydrogen-bond donors (Lipinski definition) is 1. The third kappa shape index (κ3) is 2.33. The van der Waals surface area contributed by atoms with E-state index >= 15 is 0 Å². The van der Waals surface area contributed by atoms with E-state index in [4.69, 9.17) is 16.1 Å². The molecule has 0 atom stereocenters. The van der Waals surface area contributed by atoms with Crippen molar-refractivity contribution in [1.82, 2.24) is 20.1 Å². The number of rotatable bonds is 2. The first kappa shape index (κ1) is 12.6. The number of halogens is 1. The Bertz CT molecular complexity index is 755. The zero-order valence-corrected chi connectivity index (χ0v) is 11.2. The molecule has 0 aliphatic carbocycles. The molecule has 0 unspecified atom stereocenters. The summed E-state index contributed by atoms with van der Waals surface area (Å²) in [6.07, 6.45) is 3.35. The summed E-state index contributed by atoms with van der Waals surface area (Å²) >= 11 is 5.84. The molecule has 0 radical (unpaired) electrons. The molecule has 20 heavy (non-hydrogen) atoms. The number of aromatic nitrogens is 4. The predicted molar refractivity (Wildman–Crippen MR) is 72.2 cm³/mol. The van der Waals surface area contributed by atoms with Gasteiger partial charge in [-0.1, -0.05) is 16.8 Å². The topological polar surface area (TPSA) is 84.9 Å². The van der Waals surface area contributed by atoms with Gasteiger partial charge in [0.25, 0.3) is 5.89 Å². The average Bonchev–Trinajstić information content (AvgIpc) is 2.92. The number of hydrogen-bond acceptors (Lipinski definition) is 6. The summed E-state index contributed by atoms with van der Waals surface area (Å²) in [7, 11) is 0. The van der Waals surface area contributed by atoms with Crippen molar-refractivity contribution in [1.29, 1.82) is 0 Å². The fourth-order valence-electron chi connectivity index (χ4n) is 1.58. The Morgan fingerprint density at radius 1 is 1.15 bits per heavy atom. The van der Waals surface area contributed by atoms with Gasteiger partial charge < -0.3 is 9.63 Å². The molecule has 6 nitrogen and oxygen atoms in total. The number of aryl methyl sites for hydroxylation is 1.